The molecule has 1 saturated heterocycles. The summed E-state index contributed by atoms with van der Waals surface area (Å²) in [6.07, 6.45) is 7.52. The Kier molecular flexibility index (Phi) is 5.47. The van der Waals surface area contributed by atoms with Gasteiger partial charge in [0.05, 0.1) is 0 Å². The molecule has 1 aliphatic heterocycles. The summed E-state index contributed by atoms with van der Waals surface area (Å²) in [6, 6.07) is 7.84. The fraction of sp³-hybridized carbons (Fsp3) is 0.500. The average Bonchev–Trinajstić information content (AvgIpc) is 2.47. The normalized spacial score (nSPS) is 15.9. The highest BCUT2D eigenvalue weighted by atomic mass is 16.2. The van der Waals surface area contributed by atoms with E-state index in [9.17, 15) is 4.79 Å². The smallest absolute Gasteiger partial charge is 0.323 e. The van der Waals surface area contributed by atoms with E-state index in [2.05, 4.69) is 48.4 Å². The number of piperidine rings is 1. The highest BCUT2D eigenvalue weighted by Gasteiger charge is 2.10. The summed E-state index contributed by atoms with van der Waals surface area (Å²) in [5.41, 5.74) is 2.10. The van der Waals surface area contributed by atoms with Gasteiger partial charge in [0, 0.05) is 30.7 Å². The summed E-state index contributed by atoms with van der Waals surface area (Å²) in [6.45, 7) is 8.52. The molecule has 4 nitrogen and oxygen atoms in total. The van der Waals surface area contributed by atoms with E-state index in [0.717, 1.165) is 18.8 Å². The number of anilines is 2. The van der Waals surface area contributed by atoms with Gasteiger partial charge in [-0.15, -0.1) is 0 Å². The van der Waals surface area contributed by atoms with Gasteiger partial charge in [0.2, 0.25) is 0 Å². The third kappa shape index (κ3) is 5.43. The largest absolute Gasteiger partial charge is 0.372 e. The second-order valence-corrected chi connectivity index (χ2v) is 6.89. The van der Waals surface area contributed by atoms with E-state index >= 15 is 0 Å². The fourth-order valence-electron chi connectivity index (χ4n) is 2.44. The summed E-state index contributed by atoms with van der Waals surface area (Å²) >= 11 is 0. The van der Waals surface area contributed by atoms with Crippen molar-refractivity contribution < 1.29 is 4.79 Å². The number of hydrogen-bond donors (Lipinski definition) is 2. The fourth-order valence-corrected chi connectivity index (χ4v) is 2.44. The molecule has 1 heterocycles. The molecular weight excluding hydrogens is 274 g/mol. The average molecular weight is 301 g/mol. The molecule has 2 N–H and O–H groups in total. The number of hydrogen-bond acceptors (Lipinski definition) is 2. The van der Waals surface area contributed by atoms with Crippen molar-refractivity contribution in [3.8, 4) is 0 Å². The van der Waals surface area contributed by atoms with Crippen molar-refractivity contribution in [3.63, 3.8) is 0 Å². The first-order valence-corrected chi connectivity index (χ1v) is 8.04. The molecule has 2 amide bonds. The van der Waals surface area contributed by atoms with E-state index in [1.807, 2.05) is 18.2 Å². The number of nitrogens with one attached hydrogen (secondary N) is 2. The standard InChI is InChI=1S/C18H27N3O/c1-18(2,3)11-12-19-17(22)20-15-7-9-16(10-8-15)21-13-5-4-6-14-21/h7-12H,4-6,13-14H2,1-3H3,(H2,19,20,22)/b12-11+. The van der Waals surface area contributed by atoms with Crippen LogP contribution in [0.3, 0.4) is 0 Å². The Morgan fingerprint density at radius 2 is 1.73 bits per heavy atom. The molecule has 120 valence electrons. The third-order valence-corrected chi connectivity index (χ3v) is 3.64. The molecule has 1 fully saturated rings. The highest BCUT2D eigenvalue weighted by molar-refractivity contribution is 5.90. The van der Waals surface area contributed by atoms with Gasteiger partial charge in [-0.2, -0.15) is 0 Å². The Bertz CT molecular complexity index is 508. The van der Waals surface area contributed by atoms with Crippen LogP contribution in [-0.4, -0.2) is 19.1 Å². The molecule has 0 aliphatic carbocycles. The van der Waals surface area contributed by atoms with Crippen LogP contribution in [0.15, 0.2) is 36.5 Å². The molecule has 0 bridgehead atoms. The van der Waals surface area contributed by atoms with Gasteiger partial charge in [0.15, 0.2) is 0 Å². The van der Waals surface area contributed by atoms with Crippen molar-refractivity contribution in [1.82, 2.24) is 5.32 Å². The van der Waals surface area contributed by atoms with Gasteiger partial charge in [-0.05, 0) is 48.9 Å². The molecular formula is C18H27N3O. The van der Waals surface area contributed by atoms with E-state index in [0.29, 0.717) is 0 Å². The summed E-state index contributed by atoms with van der Waals surface area (Å²) in [5, 5.41) is 5.56. The second-order valence-electron chi connectivity index (χ2n) is 6.89. The van der Waals surface area contributed by atoms with Crippen LogP contribution >= 0.6 is 0 Å². The van der Waals surface area contributed by atoms with Crippen LogP contribution in [0.5, 0.6) is 0 Å². The molecule has 22 heavy (non-hydrogen) atoms. The summed E-state index contributed by atoms with van der Waals surface area (Å²) < 4.78 is 0. The van der Waals surface area contributed by atoms with E-state index < -0.39 is 0 Å². The van der Waals surface area contributed by atoms with E-state index in [1.165, 1.54) is 24.9 Å². The number of urea groups is 1. The van der Waals surface area contributed by atoms with Gasteiger partial charge in [0.1, 0.15) is 0 Å². The van der Waals surface area contributed by atoms with Crippen molar-refractivity contribution >= 4 is 17.4 Å². The summed E-state index contributed by atoms with van der Waals surface area (Å²) in [4.78, 5) is 14.2. The van der Waals surface area contributed by atoms with Crippen LogP contribution in [0, 0.1) is 5.41 Å². The van der Waals surface area contributed by atoms with Crippen LogP contribution < -0.4 is 15.5 Å². The first kappa shape index (κ1) is 16.4. The lowest BCUT2D eigenvalue weighted by Crippen LogP contribution is -2.29. The zero-order valence-corrected chi connectivity index (χ0v) is 13.9. The van der Waals surface area contributed by atoms with Crippen LogP contribution in [0.2, 0.25) is 0 Å². The molecule has 1 aromatic rings. The van der Waals surface area contributed by atoms with Crippen molar-refractivity contribution in [3.05, 3.63) is 36.5 Å². The van der Waals surface area contributed by atoms with Crippen molar-refractivity contribution in [2.75, 3.05) is 23.3 Å². The molecule has 0 spiro atoms. The Balaban J connectivity index is 1.85. The first-order chi connectivity index (χ1) is 10.4. The molecule has 0 saturated carbocycles. The molecule has 1 aromatic carbocycles. The highest BCUT2D eigenvalue weighted by Crippen LogP contribution is 2.21. The van der Waals surface area contributed by atoms with E-state index in [-0.39, 0.29) is 11.4 Å². The zero-order chi connectivity index (χ0) is 16.0. The lowest BCUT2D eigenvalue weighted by molar-refractivity contribution is 0.255. The minimum absolute atomic E-state index is 0.0589. The number of nitrogens with zero attached hydrogens (tertiary/aromatic N) is 1. The van der Waals surface area contributed by atoms with Gasteiger partial charge in [-0.1, -0.05) is 26.8 Å². The van der Waals surface area contributed by atoms with Gasteiger partial charge < -0.3 is 15.5 Å². The Morgan fingerprint density at radius 1 is 1.09 bits per heavy atom. The Morgan fingerprint density at radius 3 is 2.32 bits per heavy atom. The monoisotopic (exact) mass is 301 g/mol. The van der Waals surface area contributed by atoms with Crippen LogP contribution in [0.25, 0.3) is 0 Å². The molecule has 0 radical (unpaired) electrons. The predicted molar refractivity (Wildman–Crippen MR) is 93.3 cm³/mol. The summed E-state index contributed by atoms with van der Waals surface area (Å²) in [5.74, 6) is 0. The summed E-state index contributed by atoms with van der Waals surface area (Å²) in [7, 11) is 0. The molecule has 4 heteroatoms. The number of amides is 2. The maximum atomic E-state index is 11.8. The Hall–Kier alpha value is -1.97. The quantitative estimate of drug-likeness (QED) is 0.871. The Labute approximate surface area is 133 Å². The van der Waals surface area contributed by atoms with Gasteiger partial charge in [-0.3, -0.25) is 0 Å². The molecule has 0 aromatic heterocycles. The van der Waals surface area contributed by atoms with Crippen molar-refractivity contribution in [2.45, 2.75) is 40.0 Å². The van der Waals surface area contributed by atoms with E-state index in [4.69, 9.17) is 0 Å². The third-order valence-electron chi connectivity index (χ3n) is 3.64. The first-order valence-electron chi connectivity index (χ1n) is 8.04. The maximum absolute atomic E-state index is 11.8. The molecule has 0 atom stereocenters. The lowest BCUT2D eigenvalue weighted by atomic mass is 9.97. The topological polar surface area (TPSA) is 44.4 Å². The van der Waals surface area contributed by atoms with Crippen molar-refractivity contribution in [2.24, 2.45) is 5.41 Å². The van der Waals surface area contributed by atoms with Crippen LogP contribution in [0.4, 0.5) is 16.2 Å². The van der Waals surface area contributed by atoms with Crippen molar-refractivity contribution in [1.29, 1.82) is 0 Å². The second kappa shape index (κ2) is 7.34. The van der Waals surface area contributed by atoms with Gasteiger partial charge >= 0.3 is 6.03 Å². The molecule has 0 unspecified atom stereocenters. The van der Waals surface area contributed by atoms with Crippen LogP contribution in [-0.2, 0) is 0 Å². The number of carbonyl (C=O) groups excluding carboxylic acids is 1. The zero-order valence-electron chi connectivity index (χ0n) is 13.9. The molecule has 2 rings (SSSR count). The molecule has 1 aliphatic rings. The predicted octanol–water partition coefficient (Wildman–Crippen LogP) is 4.36. The van der Waals surface area contributed by atoms with E-state index in [1.54, 1.807) is 6.20 Å². The minimum Gasteiger partial charge on any atom is -0.372 e. The van der Waals surface area contributed by atoms with Crippen LogP contribution in [0.1, 0.15) is 40.0 Å². The number of allylic oxidation sites excluding steroid dienone is 1. The number of benzene rings is 1. The SMILES string of the molecule is CC(C)(C)/C=C/NC(=O)Nc1ccc(N2CCCCC2)cc1. The van der Waals surface area contributed by atoms with Gasteiger partial charge in [-0.25, -0.2) is 4.79 Å². The minimum atomic E-state index is -0.216. The number of rotatable bonds is 3. The number of carbonyl (C=O) groups is 1. The maximum Gasteiger partial charge on any atom is 0.323 e. The van der Waals surface area contributed by atoms with Gasteiger partial charge in [0.25, 0.3) is 0 Å². The lowest BCUT2D eigenvalue weighted by Gasteiger charge is -2.28.